The summed E-state index contributed by atoms with van der Waals surface area (Å²) in [5.41, 5.74) is 1.23. The summed E-state index contributed by atoms with van der Waals surface area (Å²) in [6, 6.07) is 0.344. The number of nitrogens with zero attached hydrogens (tertiary/aromatic N) is 2. The van der Waals surface area contributed by atoms with Crippen molar-refractivity contribution in [3.05, 3.63) is 17.7 Å². The molecule has 2 saturated carbocycles. The van der Waals surface area contributed by atoms with E-state index in [1.807, 2.05) is 6.20 Å². The summed E-state index contributed by atoms with van der Waals surface area (Å²) in [6.07, 6.45) is 11.5. The van der Waals surface area contributed by atoms with Crippen molar-refractivity contribution in [3.8, 4) is 0 Å². The molecule has 2 fully saturated rings. The highest BCUT2D eigenvalue weighted by molar-refractivity contribution is 5.74. The molecule has 2 aliphatic rings. The average Bonchev–Trinajstić information content (AvgIpc) is 3.27. The maximum absolute atomic E-state index is 11.9. The van der Waals surface area contributed by atoms with Crippen molar-refractivity contribution in [1.29, 1.82) is 0 Å². The molecule has 122 valence electrons. The highest BCUT2D eigenvalue weighted by atomic mass is 16.2. The molecule has 2 amide bonds. The lowest BCUT2D eigenvalue weighted by Gasteiger charge is -2.22. The Bertz CT molecular complexity index is 501. The molecule has 1 aromatic rings. The van der Waals surface area contributed by atoms with Crippen LogP contribution in [0.2, 0.25) is 0 Å². The summed E-state index contributed by atoms with van der Waals surface area (Å²) in [4.78, 5) is 16.4. The molecule has 2 N–H and O–H groups in total. The van der Waals surface area contributed by atoms with E-state index in [2.05, 4.69) is 27.1 Å². The number of amides is 2. The van der Waals surface area contributed by atoms with Gasteiger partial charge in [0.1, 0.15) is 5.82 Å². The fourth-order valence-corrected chi connectivity index (χ4v) is 3.29. The molecule has 0 saturated heterocycles. The number of aryl methyl sites for hydroxylation is 1. The second-order valence-corrected chi connectivity index (χ2v) is 6.85. The van der Waals surface area contributed by atoms with Crippen LogP contribution in [0.4, 0.5) is 4.79 Å². The summed E-state index contributed by atoms with van der Waals surface area (Å²) >= 11 is 0. The normalized spacial score (nSPS) is 19.1. The van der Waals surface area contributed by atoms with Crippen LogP contribution in [-0.2, 0) is 13.0 Å². The summed E-state index contributed by atoms with van der Waals surface area (Å²) in [5.74, 6) is 1.94. The first kappa shape index (κ1) is 15.4. The van der Waals surface area contributed by atoms with Crippen molar-refractivity contribution < 1.29 is 4.79 Å². The zero-order valence-corrected chi connectivity index (χ0v) is 13.6. The van der Waals surface area contributed by atoms with Crippen LogP contribution in [0.5, 0.6) is 0 Å². The van der Waals surface area contributed by atoms with Gasteiger partial charge in [0.25, 0.3) is 0 Å². The van der Waals surface area contributed by atoms with E-state index >= 15 is 0 Å². The number of imidazole rings is 1. The Hall–Kier alpha value is -1.52. The molecular formula is C17H28N4O. The third kappa shape index (κ3) is 4.24. The molecule has 2 aliphatic carbocycles. The highest BCUT2D eigenvalue weighted by Crippen LogP contribution is 2.31. The van der Waals surface area contributed by atoms with Crippen LogP contribution in [0.3, 0.4) is 0 Å². The Morgan fingerprint density at radius 2 is 2.05 bits per heavy atom. The maximum atomic E-state index is 11.9. The van der Waals surface area contributed by atoms with Crippen molar-refractivity contribution in [2.24, 2.45) is 5.92 Å². The number of hydrogen-bond acceptors (Lipinski definition) is 2. The number of hydrogen-bond donors (Lipinski definition) is 2. The van der Waals surface area contributed by atoms with E-state index in [4.69, 9.17) is 0 Å². The standard InChI is InChI=1S/C17H28N4O/c1-13-11-19-16(21(13)12-14-7-8-14)9-10-18-17(22)20-15-5-3-2-4-6-15/h11,14-15H,2-10,12H2,1H3,(H2,18,20,22). The second kappa shape index (κ2) is 7.16. The minimum absolute atomic E-state index is 0.0241. The van der Waals surface area contributed by atoms with Gasteiger partial charge < -0.3 is 15.2 Å². The first-order valence-corrected chi connectivity index (χ1v) is 8.78. The van der Waals surface area contributed by atoms with Crippen LogP contribution in [0.15, 0.2) is 6.20 Å². The fourth-order valence-electron chi connectivity index (χ4n) is 3.29. The van der Waals surface area contributed by atoms with Crippen LogP contribution in [0.25, 0.3) is 0 Å². The summed E-state index contributed by atoms with van der Waals surface area (Å²) in [6.45, 7) is 3.86. The molecule has 0 unspecified atom stereocenters. The smallest absolute Gasteiger partial charge is 0.315 e. The van der Waals surface area contributed by atoms with Gasteiger partial charge in [-0.1, -0.05) is 19.3 Å². The minimum Gasteiger partial charge on any atom is -0.338 e. The Morgan fingerprint density at radius 3 is 2.77 bits per heavy atom. The van der Waals surface area contributed by atoms with Gasteiger partial charge in [-0.3, -0.25) is 0 Å². The zero-order valence-electron chi connectivity index (χ0n) is 13.6. The van der Waals surface area contributed by atoms with E-state index in [0.29, 0.717) is 12.6 Å². The number of carbonyl (C=O) groups is 1. The van der Waals surface area contributed by atoms with Gasteiger partial charge in [0.2, 0.25) is 0 Å². The first-order valence-electron chi connectivity index (χ1n) is 8.78. The molecule has 5 heteroatoms. The number of nitrogens with one attached hydrogen (secondary N) is 2. The molecule has 1 heterocycles. The third-order valence-corrected chi connectivity index (χ3v) is 4.85. The highest BCUT2D eigenvalue weighted by Gasteiger charge is 2.23. The van der Waals surface area contributed by atoms with E-state index in [0.717, 1.165) is 37.5 Å². The SMILES string of the molecule is Cc1cnc(CCNC(=O)NC2CCCCC2)n1CC1CC1. The van der Waals surface area contributed by atoms with Crippen LogP contribution in [-0.4, -0.2) is 28.2 Å². The van der Waals surface area contributed by atoms with Gasteiger partial charge in [-0.15, -0.1) is 0 Å². The van der Waals surface area contributed by atoms with Crippen molar-refractivity contribution in [3.63, 3.8) is 0 Å². The lowest BCUT2D eigenvalue weighted by atomic mass is 9.96. The van der Waals surface area contributed by atoms with E-state index < -0.39 is 0 Å². The molecule has 0 aromatic carbocycles. The van der Waals surface area contributed by atoms with Crippen LogP contribution in [0, 0.1) is 12.8 Å². The van der Waals surface area contributed by atoms with Crippen molar-refractivity contribution in [1.82, 2.24) is 20.2 Å². The number of aromatic nitrogens is 2. The van der Waals surface area contributed by atoms with Crippen LogP contribution >= 0.6 is 0 Å². The summed E-state index contributed by atoms with van der Waals surface area (Å²) in [7, 11) is 0. The molecular weight excluding hydrogens is 276 g/mol. The minimum atomic E-state index is -0.0241. The second-order valence-electron chi connectivity index (χ2n) is 6.85. The van der Waals surface area contributed by atoms with Gasteiger partial charge in [-0.2, -0.15) is 0 Å². The fraction of sp³-hybridized carbons (Fsp3) is 0.765. The molecule has 1 aromatic heterocycles. The Labute approximate surface area is 132 Å². The summed E-state index contributed by atoms with van der Waals surface area (Å²) < 4.78 is 2.32. The molecule has 0 aliphatic heterocycles. The molecule has 3 rings (SSSR count). The molecule has 0 atom stereocenters. The summed E-state index contributed by atoms with van der Waals surface area (Å²) in [5, 5.41) is 6.07. The van der Waals surface area contributed by atoms with Crippen molar-refractivity contribution in [2.45, 2.75) is 70.9 Å². The molecule has 5 nitrogen and oxygen atoms in total. The van der Waals surface area contributed by atoms with Gasteiger partial charge in [-0.05, 0) is 38.5 Å². The molecule has 22 heavy (non-hydrogen) atoms. The molecule has 0 bridgehead atoms. The van der Waals surface area contributed by atoms with Gasteiger partial charge in [0.05, 0.1) is 0 Å². The largest absolute Gasteiger partial charge is 0.338 e. The number of carbonyl (C=O) groups excluding carboxylic acids is 1. The lowest BCUT2D eigenvalue weighted by Crippen LogP contribution is -2.43. The zero-order chi connectivity index (χ0) is 15.4. The predicted octanol–water partition coefficient (Wildman–Crippen LogP) is 2.78. The number of urea groups is 1. The van der Waals surface area contributed by atoms with Gasteiger partial charge in [-0.25, -0.2) is 9.78 Å². The van der Waals surface area contributed by atoms with E-state index in [1.165, 1.54) is 37.8 Å². The Kier molecular flexibility index (Phi) is 5.01. The number of rotatable bonds is 6. The van der Waals surface area contributed by atoms with Gasteiger partial charge in [0.15, 0.2) is 0 Å². The van der Waals surface area contributed by atoms with E-state index in [9.17, 15) is 4.79 Å². The molecule has 0 radical (unpaired) electrons. The van der Waals surface area contributed by atoms with Gasteiger partial charge in [0, 0.05) is 37.4 Å². The van der Waals surface area contributed by atoms with E-state index in [1.54, 1.807) is 0 Å². The first-order chi connectivity index (χ1) is 10.7. The average molecular weight is 304 g/mol. The van der Waals surface area contributed by atoms with Crippen molar-refractivity contribution in [2.75, 3.05) is 6.54 Å². The predicted molar refractivity (Wildman–Crippen MR) is 86.8 cm³/mol. The topological polar surface area (TPSA) is 59.0 Å². The Morgan fingerprint density at radius 1 is 1.27 bits per heavy atom. The maximum Gasteiger partial charge on any atom is 0.315 e. The van der Waals surface area contributed by atoms with Crippen molar-refractivity contribution >= 4 is 6.03 Å². The van der Waals surface area contributed by atoms with Crippen LogP contribution in [0.1, 0.15) is 56.5 Å². The van der Waals surface area contributed by atoms with E-state index in [-0.39, 0.29) is 6.03 Å². The molecule has 0 spiro atoms. The van der Waals surface area contributed by atoms with Gasteiger partial charge >= 0.3 is 6.03 Å². The lowest BCUT2D eigenvalue weighted by molar-refractivity contribution is 0.232. The quantitative estimate of drug-likeness (QED) is 0.849. The van der Waals surface area contributed by atoms with Crippen LogP contribution < -0.4 is 10.6 Å². The Balaban J connectivity index is 1.41. The third-order valence-electron chi connectivity index (χ3n) is 4.85. The monoisotopic (exact) mass is 304 g/mol.